The van der Waals surface area contributed by atoms with Crippen LogP contribution in [-0.4, -0.2) is 0 Å². The summed E-state index contributed by atoms with van der Waals surface area (Å²) < 4.78 is 4.88. The molecule has 2 aliphatic rings. The molecule has 0 nitrogen and oxygen atoms in total. The van der Waals surface area contributed by atoms with Gasteiger partial charge in [-0.3, -0.25) is 0 Å². The maximum atomic E-state index is 3.82. The predicted molar refractivity (Wildman–Crippen MR) is 161 cm³/mol. The molecule has 0 radical (unpaired) electrons. The molecule has 0 atom stereocenters. The fourth-order valence-electron chi connectivity index (χ4n) is 6.40. The van der Waals surface area contributed by atoms with E-state index in [1.807, 2.05) is 11.3 Å². The van der Waals surface area contributed by atoms with Crippen LogP contribution in [-0.2, 0) is 5.41 Å². The van der Waals surface area contributed by atoms with Crippen LogP contribution in [0.2, 0.25) is 0 Å². The van der Waals surface area contributed by atoms with Gasteiger partial charge in [-0.15, -0.1) is 11.3 Å². The van der Waals surface area contributed by atoms with E-state index in [4.69, 9.17) is 0 Å². The normalized spacial score (nSPS) is 14.5. The highest BCUT2D eigenvalue weighted by molar-refractivity contribution is 9.10. The largest absolute Gasteiger partial charge is 0.135 e. The summed E-state index contributed by atoms with van der Waals surface area (Å²) in [6.07, 6.45) is 4.56. The van der Waals surface area contributed by atoms with Gasteiger partial charge >= 0.3 is 0 Å². The highest BCUT2D eigenvalue weighted by Crippen LogP contribution is 2.60. The maximum Gasteiger partial charge on any atom is 0.0726 e. The molecule has 0 bridgehead atoms. The van der Waals surface area contributed by atoms with E-state index in [9.17, 15) is 0 Å². The SMILES string of the molecule is Brc1ccc2c(c1)C1(c3cc(Br)ccc3C=C2)c2ccccc2-c2cc3sc4ccccc4c3cc21. The van der Waals surface area contributed by atoms with Gasteiger partial charge in [0, 0.05) is 29.1 Å². The fourth-order valence-corrected chi connectivity index (χ4v) is 8.25. The lowest BCUT2D eigenvalue weighted by Crippen LogP contribution is -2.30. The first-order valence-electron chi connectivity index (χ1n) is 12.0. The van der Waals surface area contributed by atoms with Gasteiger partial charge in [0.1, 0.15) is 0 Å². The number of hydrogen-bond acceptors (Lipinski definition) is 1. The van der Waals surface area contributed by atoms with Gasteiger partial charge in [0.25, 0.3) is 0 Å². The van der Waals surface area contributed by atoms with Crippen LogP contribution in [0.25, 0.3) is 43.5 Å². The molecule has 0 saturated heterocycles. The Morgan fingerprint density at radius 1 is 0.500 bits per heavy atom. The zero-order valence-corrected chi connectivity index (χ0v) is 23.0. The zero-order valence-electron chi connectivity index (χ0n) is 19.1. The molecule has 6 aromatic rings. The fraction of sp³-hybridized carbons (Fsp3) is 0.0303. The number of hydrogen-bond donors (Lipinski definition) is 0. The van der Waals surface area contributed by atoms with Gasteiger partial charge in [-0.1, -0.05) is 98.6 Å². The molecule has 0 aliphatic heterocycles. The van der Waals surface area contributed by atoms with Crippen molar-refractivity contribution in [2.24, 2.45) is 0 Å². The standard InChI is InChI=1S/C33H18Br2S/c34-21-13-11-19-9-10-20-12-14-22(35)16-29(20)33(28(19)15-21)27-7-3-1-5-23(27)25-18-32-26(17-30(25)33)24-6-2-4-8-31(24)36-32/h1-18H. The number of halogens is 2. The van der Waals surface area contributed by atoms with Crippen LogP contribution in [0.15, 0.2) is 106 Å². The second-order valence-corrected chi connectivity index (χ2v) is 12.5. The van der Waals surface area contributed by atoms with E-state index in [2.05, 4.69) is 141 Å². The van der Waals surface area contributed by atoms with Crippen molar-refractivity contribution in [1.82, 2.24) is 0 Å². The van der Waals surface area contributed by atoms with Gasteiger partial charge in [-0.2, -0.15) is 0 Å². The van der Waals surface area contributed by atoms with Crippen LogP contribution < -0.4 is 0 Å². The van der Waals surface area contributed by atoms with E-state index < -0.39 is 5.41 Å². The van der Waals surface area contributed by atoms with E-state index in [0.717, 1.165) is 8.95 Å². The maximum absolute atomic E-state index is 3.82. The zero-order chi connectivity index (χ0) is 24.0. The number of rotatable bonds is 0. The first-order chi connectivity index (χ1) is 17.6. The van der Waals surface area contributed by atoms with Gasteiger partial charge in [-0.25, -0.2) is 0 Å². The lowest BCUT2D eigenvalue weighted by molar-refractivity contribution is 0.766. The van der Waals surface area contributed by atoms with Crippen molar-refractivity contribution in [1.29, 1.82) is 0 Å². The highest BCUT2D eigenvalue weighted by Gasteiger charge is 2.48. The Bertz CT molecular complexity index is 1870. The van der Waals surface area contributed by atoms with Crippen molar-refractivity contribution in [2.75, 3.05) is 0 Å². The van der Waals surface area contributed by atoms with Crippen LogP contribution in [0.3, 0.4) is 0 Å². The predicted octanol–water partition coefficient (Wildman–Crippen LogP) is 10.4. The monoisotopic (exact) mass is 604 g/mol. The van der Waals surface area contributed by atoms with E-state index in [0.29, 0.717) is 0 Å². The minimum absolute atomic E-state index is 0.426. The summed E-state index contributed by atoms with van der Waals surface area (Å²) in [5, 5.41) is 2.67. The molecule has 1 heterocycles. The van der Waals surface area contributed by atoms with Gasteiger partial charge < -0.3 is 0 Å². The summed E-state index contributed by atoms with van der Waals surface area (Å²) in [4.78, 5) is 0. The molecule has 1 aromatic heterocycles. The Morgan fingerprint density at radius 2 is 1.17 bits per heavy atom. The highest BCUT2D eigenvalue weighted by atomic mass is 79.9. The molecule has 0 fully saturated rings. The van der Waals surface area contributed by atoms with Crippen molar-refractivity contribution in [3.8, 4) is 11.1 Å². The van der Waals surface area contributed by atoms with E-state index in [1.54, 1.807) is 0 Å². The molecule has 0 N–H and O–H groups in total. The lowest BCUT2D eigenvalue weighted by Gasteiger charge is -2.35. The molecule has 1 spiro atoms. The Balaban J connectivity index is 1.63. The number of benzene rings is 5. The van der Waals surface area contributed by atoms with Crippen LogP contribution >= 0.6 is 43.2 Å². The first kappa shape index (κ1) is 21.1. The first-order valence-corrected chi connectivity index (χ1v) is 14.4. The summed E-state index contributed by atoms with van der Waals surface area (Å²) in [6, 6.07) is 36.2. The minimum atomic E-state index is -0.426. The van der Waals surface area contributed by atoms with Gasteiger partial charge in [-0.05, 0) is 87.0 Å². The van der Waals surface area contributed by atoms with E-state index in [1.165, 1.54) is 64.7 Å². The van der Waals surface area contributed by atoms with Crippen LogP contribution in [0.4, 0.5) is 0 Å². The molecular formula is C33H18Br2S. The average molecular weight is 606 g/mol. The Morgan fingerprint density at radius 3 is 1.92 bits per heavy atom. The molecule has 36 heavy (non-hydrogen) atoms. The Kier molecular flexibility index (Phi) is 4.41. The van der Waals surface area contributed by atoms with E-state index in [-0.39, 0.29) is 0 Å². The lowest BCUT2D eigenvalue weighted by atomic mass is 9.66. The van der Waals surface area contributed by atoms with Gasteiger partial charge in [0.2, 0.25) is 0 Å². The Hall–Kier alpha value is -2.98. The summed E-state index contributed by atoms with van der Waals surface area (Å²) in [6.45, 7) is 0. The third-order valence-electron chi connectivity index (χ3n) is 7.82. The topological polar surface area (TPSA) is 0 Å². The molecular weight excluding hydrogens is 588 g/mol. The van der Waals surface area contributed by atoms with Crippen molar-refractivity contribution in [3.63, 3.8) is 0 Å². The van der Waals surface area contributed by atoms with Crippen molar-refractivity contribution in [3.05, 3.63) is 139 Å². The molecule has 5 aromatic carbocycles. The smallest absolute Gasteiger partial charge is 0.0726 e. The molecule has 3 heteroatoms. The third kappa shape index (κ3) is 2.69. The second-order valence-electron chi connectivity index (χ2n) is 9.58. The van der Waals surface area contributed by atoms with Gasteiger partial charge in [0.15, 0.2) is 0 Å². The quantitative estimate of drug-likeness (QED) is 0.161. The Labute approximate surface area is 230 Å². The number of fused-ring (bicyclic) bond motifs is 12. The van der Waals surface area contributed by atoms with E-state index >= 15 is 0 Å². The number of thiophene rings is 1. The van der Waals surface area contributed by atoms with Crippen LogP contribution in [0.1, 0.15) is 33.4 Å². The second kappa shape index (κ2) is 7.52. The molecule has 0 unspecified atom stereocenters. The summed E-state index contributed by atoms with van der Waals surface area (Å²) >= 11 is 9.52. The molecule has 2 aliphatic carbocycles. The molecule has 170 valence electrons. The summed E-state index contributed by atoms with van der Waals surface area (Å²) in [5.41, 5.74) is 10.1. The molecule has 8 rings (SSSR count). The molecule has 0 amide bonds. The minimum Gasteiger partial charge on any atom is -0.135 e. The van der Waals surface area contributed by atoms with Crippen molar-refractivity contribution in [2.45, 2.75) is 5.41 Å². The molecule has 0 saturated carbocycles. The third-order valence-corrected chi connectivity index (χ3v) is 9.94. The van der Waals surface area contributed by atoms with Crippen LogP contribution in [0, 0.1) is 0 Å². The summed E-state index contributed by atoms with van der Waals surface area (Å²) in [7, 11) is 0. The van der Waals surface area contributed by atoms with Gasteiger partial charge in [0.05, 0.1) is 5.41 Å². The average Bonchev–Trinajstić information content (AvgIpc) is 3.35. The van der Waals surface area contributed by atoms with Crippen molar-refractivity contribution >= 4 is 75.5 Å². The van der Waals surface area contributed by atoms with Crippen molar-refractivity contribution < 1.29 is 0 Å². The summed E-state index contributed by atoms with van der Waals surface area (Å²) in [5.74, 6) is 0. The van der Waals surface area contributed by atoms with Crippen LogP contribution in [0.5, 0.6) is 0 Å².